The first-order valence-corrected chi connectivity index (χ1v) is 6.96. The highest BCUT2D eigenvalue weighted by Gasteiger charge is 2.24. The number of nitrogens with one attached hydrogen (secondary N) is 1. The molecular weight excluding hydrogens is 250 g/mol. The van der Waals surface area contributed by atoms with Gasteiger partial charge in [0.15, 0.2) is 0 Å². The molecule has 0 aromatic carbocycles. The summed E-state index contributed by atoms with van der Waals surface area (Å²) in [6, 6.07) is 2.65. The standard InChI is InChI=1S/C16H21N3O/c1-4-15-10-13(11-17)12(3)16(19(15)5-2)18-14-6-8-20-9-7-14/h4-5,10,14,18H,2,6-9H2,1,3H3/b15-4-. The minimum Gasteiger partial charge on any atom is -0.381 e. The minimum absolute atomic E-state index is 0.382. The van der Waals surface area contributed by atoms with Crippen LogP contribution in [0.1, 0.15) is 26.7 Å². The van der Waals surface area contributed by atoms with E-state index < -0.39 is 0 Å². The van der Waals surface area contributed by atoms with Gasteiger partial charge in [0.25, 0.3) is 0 Å². The maximum Gasteiger partial charge on any atom is 0.114 e. The Labute approximate surface area is 120 Å². The molecule has 4 nitrogen and oxygen atoms in total. The molecule has 0 spiro atoms. The van der Waals surface area contributed by atoms with Crippen molar-refractivity contribution in [3.8, 4) is 6.07 Å². The van der Waals surface area contributed by atoms with E-state index in [9.17, 15) is 5.26 Å². The second-order valence-electron chi connectivity index (χ2n) is 4.94. The van der Waals surface area contributed by atoms with Crippen LogP contribution in [-0.2, 0) is 4.74 Å². The molecule has 2 aliphatic heterocycles. The summed E-state index contributed by atoms with van der Waals surface area (Å²) in [5, 5.41) is 12.8. The Morgan fingerprint density at radius 3 is 2.75 bits per heavy atom. The summed E-state index contributed by atoms with van der Waals surface area (Å²) < 4.78 is 5.39. The fourth-order valence-electron chi connectivity index (χ4n) is 2.51. The molecule has 106 valence electrons. The second-order valence-corrected chi connectivity index (χ2v) is 4.94. The maximum atomic E-state index is 9.29. The molecule has 0 unspecified atom stereocenters. The molecule has 0 radical (unpaired) electrons. The zero-order valence-electron chi connectivity index (χ0n) is 12.1. The van der Waals surface area contributed by atoms with Gasteiger partial charge in [-0.2, -0.15) is 5.26 Å². The van der Waals surface area contributed by atoms with Gasteiger partial charge in [0.05, 0.1) is 11.6 Å². The first-order valence-electron chi connectivity index (χ1n) is 6.96. The Kier molecular flexibility index (Phi) is 4.65. The lowest BCUT2D eigenvalue weighted by Crippen LogP contribution is -2.40. The Morgan fingerprint density at radius 2 is 2.20 bits per heavy atom. The van der Waals surface area contributed by atoms with E-state index in [0.717, 1.165) is 43.1 Å². The molecule has 0 aromatic rings. The van der Waals surface area contributed by atoms with E-state index in [0.29, 0.717) is 11.6 Å². The van der Waals surface area contributed by atoms with Crippen molar-refractivity contribution in [1.82, 2.24) is 10.2 Å². The molecule has 2 aliphatic rings. The van der Waals surface area contributed by atoms with Crippen LogP contribution in [0.5, 0.6) is 0 Å². The minimum atomic E-state index is 0.382. The van der Waals surface area contributed by atoms with Gasteiger partial charge in [-0.05, 0) is 32.8 Å². The average Bonchev–Trinajstić information content (AvgIpc) is 2.50. The highest BCUT2D eigenvalue weighted by molar-refractivity contribution is 5.52. The molecule has 0 saturated carbocycles. The first kappa shape index (κ1) is 14.4. The normalized spacial score (nSPS) is 22.6. The number of hydrogen-bond acceptors (Lipinski definition) is 4. The van der Waals surface area contributed by atoms with Crippen molar-refractivity contribution in [3.63, 3.8) is 0 Å². The van der Waals surface area contributed by atoms with Gasteiger partial charge in [-0.3, -0.25) is 0 Å². The molecule has 0 atom stereocenters. The molecule has 1 N–H and O–H groups in total. The molecule has 4 heteroatoms. The summed E-state index contributed by atoms with van der Waals surface area (Å²) >= 11 is 0. The fourth-order valence-corrected chi connectivity index (χ4v) is 2.51. The van der Waals surface area contributed by atoms with Crippen molar-refractivity contribution in [2.24, 2.45) is 0 Å². The van der Waals surface area contributed by atoms with Crippen molar-refractivity contribution < 1.29 is 4.74 Å². The lowest BCUT2D eigenvalue weighted by Gasteiger charge is -2.34. The Hall–Kier alpha value is -1.99. The largest absolute Gasteiger partial charge is 0.381 e. The van der Waals surface area contributed by atoms with Gasteiger partial charge in [0, 0.05) is 36.7 Å². The highest BCUT2D eigenvalue weighted by atomic mass is 16.5. The number of rotatable bonds is 3. The predicted molar refractivity (Wildman–Crippen MR) is 79.2 cm³/mol. The number of nitriles is 1. The summed E-state index contributed by atoms with van der Waals surface area (Å²) in [6.45, 7) is 9.39. The zero-order valence-corrected chi connectivity index (χ0v) is 12.1. The monoisotopic (exact) mass is 271 g/mol. The van der Waals surface area contributed by atoms with Crippen LogP contribution in [0.15, 0.2) is 47.6 Å². The molecular formula is C16H21N3O. The summed E-state index contributed by atoms with van der Waals surface area (Å²) in [6.07, 6.45) is 7.63. The second kappa shape index (κ2) is 6.44. The van der Waals surface area contributed by atoms with Crippen LogP contribution in [0.3, 0.4) is 0 Å². The van der Waals surface area contributed by atoms with E-state index >= 15 is 0 Å². The topological polar surface area (TPSA) is 48.3 Å². The third-order valence-electron chi connectivity index (χ3n) is 3.73. The molecule has 20 heavy (non-hydrogen) atoms. The molecule has 2 heterocycles. The smallest absolute Gasteiger partial charge is 0.114 e. The van der Waals surface area contributed by atoms with Crippen molar-refractivity contribution in [1.29, 1.82) is 5.26 Å². The lowest BCUT2D eigenvalue weighted by atomic mass is 10.0. The molecule has 0 bridgehead atoms. The van der Waals surface area contributed by atoms with Crippen LogP contribution in [0.25, 0.3) is 0 Å². The van der Waals surface area contributed by atoms with Gasteiger partial charge in [-0.15, -0.1) is 0 Å². The molecule has 1 saturated heterocycles. The molecule has 0 aromatic heterocycles. The number of hydrogen-bond donors (Lipinski definition) is 1. The van der Waals surface area contributed by atoms with Crippen molar-refractivity contribution in [2.75, 3.05) is 13.2 Å². The lowest BCUT2D eigenvalue weighted by molar-refractivity contribution is 0.0788. The van der Waals surface area contributed by atoms with Crippen LogP contribution in [0.2, 0.25) is 0 Å². The van der Waals surface area contributed by atoms with E-state index in [1.165, 1.54) is 0 Å². The molecule has 0 aliphatic carbocycles. The zero-order chi connectivity index (χ0) is 14.5. The quantitative estimate of drug-likeness (QED) is 0.857. The van der Waals surface area contributed by atoms with Gasteiger partial charge >= 0.3 is 0 Å². The van der Waals surface area contributed by atoms with Gasteiger partial charge in [0.1, 0.15) is 5.82 Å². The fraction of sp³-hybridized carbons (Fsp3) is 0.438. The first-order chi connectivity index (χ1) is 9.71. The summed E-state index contributed by atoms with van der Waals surface area (Å²) in [5.74, 6) is 0.957. The van der Waals surface area contributed by atoms with E-state index in [2.05, 4.69) is 18.0 Å². The van der Waals surface area contributed by atoms with Crippen LogP contribution in [0.4, 0.5) is 0 Å². The van der Waals surface area contributed by atoms with Gasteiger partial charge in [-0.25, -0.2) is 0 Å². The van der Waals surface area contributed by atoms with Crippen molar-refractivity contribution in [2.45, 2.75) is 32.7 Å². The number of allylic oxidation sites excluding steroid dienone is 4. The van der Waals surface area contributed by atoms with Crippen LogP contribution in [-0.4, -0.2) is 24.2 Å². The summed E-state index contributed by atoms with van der Waals surface area (Å²) in [4.78, 5) is 2.01. The third kappa shape index (κ3) is 2.78. The van der Waals surface area contributed by atoms with Crippen LogP contribution < -0.4 is 5.32 Å². The van der Waals surface area contributed by atoms with Gasteiger partial charge in [-0.1, -0.05) is 12.7 Å². The predicted octanol–water partition coefficient (Wildman–Crippen LogP) is 2.80. The highest BCUT2D eigenvalue weighted by Crippen LogP contribution is 2.28. The Morgan fingerprint density at radius 1 is 1.50 bits per heavy atom. The molecule has 1 fully saturated rings. The van der Waals surface area contributed by atoms with Crippen molar-refractivity contribution >= 4 is 0 Å². The molecule has 0 amide bonds. The molecule has 2 rings (SSSR count). The van der Waals surface area contributed by atoms with E-state index in [4.69, 9.17) is 4.74 Å². The van der Waals surface area contributed by atoms with Crippen LogP contribution in [0, 0.1) is 11.3 Å². The van der Waals surface area contributed by atoms with Crippen LogP contribution >= 0.6 is 0 Å². The number of ether oxygens (including phenoxy) is 1. The van der Waals surface area contributed by atoms with E-state index in [-0.39, 0.29) is 0 Å². The third-order valence-corrected chi connectivity index (χ3v) is 3.73. The summed E-state index contributed by atoms with van der Waals surface area (Å²) in [5.41, 5.74) is 2.63. The van der Waals surface area contributed by atoms with E-state index in [1.54, 1.807) is 6.20 Å². The maximum absolute atomic E-state index is 9.29. The van der Waals surface area contributed by atoms with Gasteiger partial charge in [0.2, 0.25) is 0 Å². The van der Waals surface area contributed by atoms with Gasteiger partial charge < -0.3 is 15.0 Å². The Bertz CT molecular complexity index is 516. The van der Waals surface area contributed by atoms with Crippen molar-refractivity contribution in [3.05, 3.63) is 47.6 Å². The number of nitrogens with zero attached hydrogens (tertiary/aromatic N) is 2. The summed E-state index contributed by atoms with van der Waals surface area (Å²) in [7, 11) is 0. The average molecular weight is 271 g/mol. The van der Waals surface area contributed by atoms with E-state index in [1.807, 2.05) is 30.9 Å². The Balaban J connectivity index is 2.31. The SMILES string of the molecule is C=CN1C(NC2CCOCC2)=C(C)C(C#N)=C/C1=C/C.